The van der Waals surface area contributed by atoms with Crippen LogP contribution < -0.4 is 10.2 Å². The van der Waals surface area contributed by atoms with Gasteiger partial charge in [0.2, 0.25) is 0 Å². The fourth-order valence-electron chi connectivity index (χ4n) is 3.69. The lowest BCUT2D eigenvalue weighted by atomic mass is 10.2. The number of rotatable bonds is 5. The van der Waals surface area contributed by atoms with Gasteiger partial charge in [-0.3, -0.25) is 9.39 Å². The second kappa shape index (κ2) is 9.13. The summed E-state index contributed by atoms with van der Waals surface area (Å²) in [6.45, 7) is 4.62. The third kappa shape index (κ3) is 4.62. The van der Waals surface area contributed by atoms with Crippen LogP contribution in [0.4, 0.5) is 5.69 Å². The number of nitrogens with one attached hydrogen (secondary N) is 1. The fraction of sp³-hybridized carbons (Fsp3) is 0.381. The summed E-state index contributed by atoms with van der Waals surface area (Å²) in [5, 5.41) is 12.8. The Morgan fingerprint density at radius 2 is 1.97 bits per heavy atom. The van der Waals surface area contributed by atoms with Gasteiger partial charge >= 0.3 is 0 Å². The average molecular weight is 412 g/mol. The van der Waals surface area contributed by atoms with Gasteiger partial charge in [-0.2, -0.15) is 0 Å². The van der Waals surface area contributed by atoms with Gasteiger partial charge in [0.05, 0.1) is 0 Å². The summed E-state index contributed by atoms with van der Waals surface area (Å²) in [5.74, 6) is 1.95. The van der Waals surface area contributed by atoms with Crippen LogP contribution in [0.15, 0.2) is 53.7 Å². The van der Waals surface area contributed by atoms with E-state index in [0.717, 1.165) is 68.0 Å². The van der Waals surface area contributed by atoms with Crippen LogP contribution in [0.1, 0.15) is 12.2 Å². The minimum Gasteiger partial charge on any atom is -0.368 e. The number of hydrogen-bond acceptors (Lipinski definition) is 4. The summed E-state index contributed by atoms with van der Waals surface area (Å²) in [6, 6.07) is 14.0. The molecule has 152 valence electrons. The first kappa shape index (κ1) is 19.5. The molecule has 0 aliphatic carbocycles. The van der Waals surface area contributed by atoms with Crippen LogP contribution in [-0.2, 0) is 6.42 Å². The summed E-state index contributed by atoms with van der Waals surface area (Å²) in [7, 11) is 1.84. The Labute approximate surface area is 176 Å². The number of aromatic nitrogens is 3. The molecule has 1 aliphatic rings. The van der Waals surface area contributed by atoms with Gasteiger partial charge in [-0.15, -0.1) is 10.2 Å². The molecule has 7 nitrogen and oxygen atoms in total. The lowest BCUT2D eigenvalue weighted by molar-refractivity contribution is 0.372. The van der Waals surface area contributed by atoms with Crippen molar-refractivity contribution in [2.75, 3.05) is 44.7 Å². The zero-order chi connectivity index (χ0) is 20.1. The number of nitrogens with zero attached hydrogens (tertiary/aromatic N) is 6. The maximum absolute atomic E-state index is 6.13. The monoisotopic (exact) mass is 411 g/mol. The van der Waals surface area contributed by atoms with Gasteiger partial charge in [0.25, 0.3) is 0 Å². The van der Waals surface area contributed by atoms with Crippen molar-refractivity contribution in [1.82, 2.24) is 24.8 Å². The van der Waals surface area contributed by atoms with Gasteiger partial charge in [-0.1, -0.05) is 23.7 Å². The predicted molar refractivity (Wildman–Crippen MR) is 118 cm³/mol. The van der Waals surface area contributed by atoms with Crippen molar-refractivity contribution in [2.45, 2.75) is 12.8 Å². The summed E-state index contributed by atoms with van der Waals surface area (Å²) in [6.07, 6.45) is 3.85. The van der Waals surface area contributed by atoms with Gasteiger partial charge in [0.15, 0.2) is 11.6 Å². The van der Waals surface area contributed by atoms with E-state index in [0.29, 0.717) is 0 Å². The minimum absolute atomic E-state index is 0.780. The topological polar surface area (TPSA) is 61.1 Å². The van der Waals surface area contributed by atoms with Gasteiger partial charge in [-0.05, 0) is 36.8 Å². The number of hydrogen-bond donors (Lipinski definition) is 1. The molecule has 0 atom stereocenters. The van der Waals surface area contributed by atoms with Crippen molar-refractivity contribution in [1.29, 1.82) is 0 Å². The SMILES string of the molecule is CN=C(NCCCc1nnc2ccccn12)N1CCN(c2cccc(Cl)c2)CC1. The molecule has 8 heteroatoms. The second-order valence-electron chi connectivity index (χ2n) is 7.08. The summed E-state index contributed by atoms with van der Waals surface area (Å²) in [5.41, 5.74) is 2.07. The molecule has 0 spiro atoms. The largest absolute Gasteiger partial charge is 0.368 e. The van der Waals surface area contributed by atoms with Crippen LogP contribution in [0.25, 0.3) is 5.65 Å². The smallest absolute Gasteiger partial charge is 0.193 e. The van der Waals surface area contributed by atoms with E-state index in [9.17, 15) is 0 Å². The van der Waals surface area contributed by atoms with E-state index in [1.807, 2.05) is 54.0 Å². The highest BCUT2D eigenvalue weighted by atomic mass is 35.5. The van der Waals surface area contributed by atoms with Crippen LogP contribution in [-0.4, -0.2) is 65.2 Å². The van der Waals surface area contributed by atoms with Crippen molar-refractivity contribution in [2.24, 2.45) is 4.99 Å². The highest BCUT2D eigenvalue weighted by Gasteiger charge is 2.19. The molecule has 0 amide bonds. The Morgan fingerprint density at radius 3 is 2.76 bits per heavy atom. The predicted octanol–water partition coefficient (Wildman–Crippen LogP) is 2.71. The number of benzene rings is 1. The van der Waals surface area contributed by atoms with Crippen LogP contribution in [0.2, 0.25) is 5.02 Å². The van der Waals surface area contributed by atoms with Gasteiger partial charge in [0.1, 0.15) is 5.82 Å². The number of guanidine groups is 1. The molecule has 1 aromatic carbocycles. The molecular weight excluding hydrogens is 386 g/mol. The summed E-state index contributed by atoms with van der Waals surface area (Å²) >= 11 is 6.13. The quantitative estimate of drug-likeness (QED) is 0.397. The third-order valence-electron chi connectivity index (χ3n) is 5.21. The minimum atomic E-state index is 0.780. The Hall–Kier alpha value is -2.80. The number of pyridine rings is 1. The van der Waals surface area contributed by atoms with Crippen LogP contribution in [0.3, 0.4) is 0 Å². The summed E-state index contributed by atoms with van der Waals surface area (Å²) < 4.78 is 2.05. The first-order valence-electron chi connectivity index (χ1n) is 9.99. The van der Waals surface area contributed by atoms with Crippen molar-refractivity contribution >= 4 is 28.9 Å². The van der Waals surface area contributed by atoms with Gasteiger partial charge in [-0.25, -0.2) is 0 Å². The fourth-order valence-corrected chi connectivity index (χ4v) is 3.87. The molecule has 4 rings (SSSR count). The summed E-state index contributed by atoms with van der Waals surface area (Å²) in [4.78, 5) is 9.15. The molecule has 1 aliphatic heterocycles. The molecule has 0 radical (unpaired) electrons. The van der Waals surface area contributed by atoms with E-state index < -0.39 is 0 Å². The van der Waals surface area contributed by atoms with E-state index in [1.54, 1.807) is 0 Å². The molecule has 1 saturated heterocycles. The first-order chi connectivity index (χ1) is 14.2. The Bertz CT molecular complexity index is 976. The maximum Gasteiger partial charge on any atom is 0.193 e. The number of piperazine rings is 1. The Kier molecular flexibility index (Phi) is 6.14. The molecule has 1 N–H and O–H groups in total. The Balaban J connectivity index is 1.25. The normalized spacial score (nSPS) is 15.2. The highest BCUT2D eigenvalue weighted by Crippen LogP contribution is 2.20. The molecule has 1 fully saturated rings. The maximum atomic E-state index is 6.13. The standard InChI is InChI=1S/C21H26ClN7/c1-23-21(24-10-5-9-20-26-25-19-8-2-3-11-29(19)20)28-14-12-27(13-15-28)18-7-4-6-17(22)16-18/h2-4,6-8,11,16H,5,9-10,12-15H2,1H3,(H,23,24). The lowest BCUT2D eigenvalue weighted by Gasteiger charge is -2.37. The third-order valence-corrected chi connectivity index (χ3v) is 5.44. The van der Waals surface area contributed by atoms with Crippen LogP contribution >= 0.6 is 11.6 Å². The van der Waals surface area contributed by atoms with Crippen LogP contribution in [0.5, 0.6) is 0 Å². The molecular formula is C21H26ClN7. The van der Waals surface area contributed by atoms with Gasteiger partial charge < -0.3 is 15.1 Å². The highest BCUT2D eigenvalue weighted by molar-refractivity contribution is 6.30. The molecule has 0 bridgehead atoms. The number of aliphatic imine (C=N–C) groups is 1. The van der Waals surface area contributed by atoms with Crippen molar-refractivity contribution in [3.05, 3.63) is 59.5 Å². The van der Waals surface area contributed by atoms with Crippen molar-refractivity contribution in [3.8, 4) is 0 Å². The van der Waals surface area contributed by atoms with E-state index >= 15 is 0 Å². The number of anilines is 1. The Morgan fingerprint density at radius 1 is 1.10 bits per heavy atom. The van der Waals surface area contributed by atoms with Crippen LogP contribution in [0, 0.1) is 0 Å². The number of aryl methyl sites for hydroxylation is 1. The van der Waals surface area contributed by atoms with E-state index in [-0.39, 0.29) is 0 Å². The second-order valence-corrected chi connectivity index (χ2v) is 7.51. The molecule has 3 aromatic rings. The average Bonchev–Trinajstić information content (AvgIpc) is 3.17. The van der Waals surface area contributed by atoms with E-state index in [2.05, 4.69) is 36.4 Å². The molecule has 0 saturated carbocycles. The lowest BCUT2D eigenvalue weighted by Crippen LogP contribution is -2.52. The van der Waals surface area contributed by atoms with Crippen molar-refractivity contribution < 1.29 is 0 Å². The van der Waals surface area contributed by atoms with E-state index in [1.165, 1.54) is 5.69 Å². The zero-order valence-corrected chi connectivity index (χ0v) is 17.4. The molecule has 29 heavy (non-hydrogen) atoms. The first-order valence-corrected chi connectivity index (χ1v) is 10.4. The molecule has 3 heterocycles. The zero-order valence-electron chi connectivity index (χ0n) is 16.6. The van der Waals surface area contributed by atoms with Gasteiger partial charge in [0, 0.05) is 63.1 Å². The van der Waals surface area contributed by atoms with E-state index in [4.69, 9.17) is 11.6 Å². The molecule has 2 aromatic heterocycles. The number of fused-ring (bicyclic) bond motifs is 1. The van der Waals surface area contributed by atoms with Crippen molar-refractivity contribution in [3.63, 3.8) is 0 Å². The number of halogens is 1. The molecule has 0 unspecified atom stereocenters.